The molecule has 0 fully saturated rings. The van der Waals surface area contributed by atoms with Crippen LogP contribution in [0.25, 0.3) is 10.8 Å². The minimum atomic E-state index is -0.611. The number of benzene rings is 3. The first-order valence-corrected chi connectivity index (χ1v) is 8.56. The van der Waals surface area contributed by atoms with Crippen LogP contribution in [-0.4, -0.2) is 39.7 Å². The largest absolute Gasteiger partial charge is 0.497 e. The van der Waals surface area contributed by atoms with E-state index in [0.717, 1.165) is 16.5 Å². The van der Waals surface area contributed by atoms with Crippen molar-refractivity contribution in [3.05, 3.63) is 65.7 Å². The summed E-state index contributed by atoms with van der Waals surface area (Å²) in [5, 5.41) is 1.86. The molecule has 3 rings (SSSR count). The first-order chi connectivity index (χ1) is 13.5. The Morgan fingerprint density at radius 3 is 2.11 bits per heavy atom. The van der Waals surface area contributed by atoms with Crippen molar-refractivity contribution < 1.29 is 28.5 Å². The van der Waals surface area contributed by atoms with Crippen LogP contribution in [0.3, 0.4) is 0 Å². The average Bonchev–Trinajstić information content (AvgIpc) is 2.75. The van der Waals surface area contributed by atoms with Crippen LogP contribution in [0.4, 0.5) is 0 Å². The van der Waals surface area contributed by atoms with Gasteiger partial charge in [0.15, 0.2) is 23.9 Å². The van der Waals surface area contributed by atoms with Crippen LogP contribution in [0.15, 0.2) is 54.6 Å². The van der Waals surface area contributed by atoms with Crippen molar-refractivity contribution in [2.75, 3.05) is 27.9 Å². The monoisotopic (exact) mass is 380 g/mol. The third-order valence-electron chi connectivity index (χ3n) is 4.32. The van der Waals surface area contributed by atoms with Crippen LogP contribution in [0.5, 0.6) is 17.2 Å². The van der Waals surface area contributed by atoms with Crippen LogP contribution in [0, 0.1) is 0 Å². The van der Waals surface area contributed by atoms with Gasteiger partial charge >= 0.3 is 5.97 Å². The predicted molar refractivity (Wildman–Crippen MR) is 105 cm³/mol. The zero-order valence-electron chi connectivity index (χ0n) is 15.9. The quantitative estimate of drug-likeness (QED) is 0.457. The number of ketones is 1. The summed E-state index contributed by atoms with van der Waals surface area (Å²) in [6.45, 7) is -0.352. The Labute approximate surface area is 162 Å². The lowest BCUT2D eigenvalue weighted by atomic mass is 10.0. The summed E-state index contributed by atoms with van der Waals surface area (Å²) in [4.78, 5) is 24.7. The number of hydrogen-bond donors (Lipinski definition) is 0. The molecule has 0 N–H and O–H groups in total. The van der Waals surface area contributed by atoms with Crippen molar-refractivity contribution in [1.29, 1.82) is 0 Å². The molecule has 0 heterocycles. The van der Waals surface area contributed by atoms with Crippen molar-refractivity contribution in [3.63, 3.8) is 0 Å². The number of methoxy groups -OCH3 is 3. The summed E-state index contributed by atoms with van der Waals surface area (Å²) in [7, 11) is 4.59. The minimum absolute atomic E-state index is 0.274. The van der Waals surface area contributed by atoms with E-state index in [0.29, 0.717) is 17.1 Å². The van der Waals surface area contributed by atoms with Crippen LogP contribution in [-0.2, 0) is 4.74 Å². The van der Waals surface area contributed by atoms with E-state index in [4.69, 9.17) is 18.9 Å². The Kier molecular flexibility index (Phi) is 5.79. The lowest BCUT2D eigenvalue weighted by molar-refractivity contribution is 0.0474. The second-order valence-corrected chi connectivity index (χ2v) is 6.00. The molecular formula is C22H20O6. The summed E-state index contributed by atoms with van der Waals surface area (Å²) in [6.07, 6.45) is 0. The van der Waals surface area contributed by atoms with E-state index in [9.17, 15) is 9.59 Å². The molecule has 0 aromatic heterocycles. The maximum Gasteiger partial charge on any atom is 0.338 e. The SMILES string of the molecule is COc1ccc2cc(C(=O)COC(=O)c3ccc(OC)c(OC)c3)ccc2c1. The van der Waals surface area contributed by atoms with Gasteiger partial charge < -0.3 is 18.9 Å². The van der Waals surface area contributed by atoms with Crippen LogP contribution < -0.4 is 14.2 Å². The Morgan fingerprint density at radius 1 is 0.714 bits per heavy atom. The second kappa shape index (κ2) is 8.43. The first-order valence-electron chi connectivity index (χ1n) is 8.56. The highest BCUT2D eigenvalue weighted by atomic mass is 16.5. The summed E-state index contributed by atoms with van der Waals surface area (Å²) in [5.41, 5.74) is 0.744. The van der Waals surface area contributed by atoms with E-state index in [-0.39, 0.29) is 18.0 Å². The molecule has 0 amide bonds. The molecule has 0 spiro atoms. The molecule has 0 saturated carbocycles. The summed E-state index contributed by atoms with van der Waals surface area (Å²) in [6, 6.07) is 15.6. The summed E-state index contributed by atoms with van der Waals surface area (Å²) in [5.74, 6) is 0.762. The molecule has 3 aromatic carbocycles. The van der Waals surface area contributed by atoms with Gasteiger partial charge in [-0.2, -0.15) is 0 Å². The molecule has 144 valence electrons. The number of esters is 1. The van der Waals surface area contributed by atoms with Crippen molar-refractivity contribution >= 4 is 22.5 Å². The van der Waals surface area contributed by atoms with Gasteiger partial charge in [-0.1, -0.05) is 18.2 Å². The fourth-order valence-corrected chi connectivity index (χ4v) is 2.79. The molecule has 0 aliphatic rings. The minimum Gasteiger partial charge on any atom is -0.497 e. The van der Waals surface area contributed by atoms with Gasteiger partial charge in [-0.05, 0) is 47.2 Å². The molecular weight excluding hydrogens is 360 g/mol. The standard InChI is InChI=1S/C22H20O6/c1-25-18-8-6-14-10-16(5-4-15(14)11-18)19(23)13-28-22(24)17-7-9-20(26-2)21(12-17)27-3/h4-12H,13H2,1-3H3. The smallest absolute Gasteiger partial charge is 0.338 e. The molecule has 3 aromatic rings. The predicted octanol–water partition coefficient (Wildman–Crippen LogP) is 3.91. The number of rotatable bonds is 7. The van der Waals surface area contributed by atoms with E-state index in [1.165, 1.54) is 20.3 Å². The van der Waals surface area contributed by atoms with E-state index >= 15 is 0 Å². The van der Waals surface area contributed by atoms with Gasteiger partial charge in [-0.15, -0.1) is 0 Å². The number of ether oxygens (including phenoxy) is 4. The van der Waals surface area contributed by atoms with Crippen LogP contribution in [0.1, 0.15) is 20.7 Å². The highest BCUT2D eigenvalue weighted by Gasteiger charge is 2.15. The maximum absolute atomic E-state index is 12.4. The molecule has 0 radical (unpaired) electrons. The van der Waals surface area contributed by atoms with Gasteiger partial charge in [0.05, 0.1) is 26.9 Å². The zero-order chi connectivity index (χ0) is 20.1. The first kappa shape index (κ1) is 19.2. The van der Waals surface area contributed by atoms with Gasteiger partial charge in [0.25, 0.3) is 0 Å². The zero-order valence-corrected chi connectivity index (χ0v) is 15.9. The van der Waals surface area contributed by atoms with Gasteiger partial charge in [-0.25, -0.2) is 4.79 Å². The van der Waals surface area contributed by atoms with Gasteiger partial charge in [0.1, 0.15) is 5.75 Å². The molecule has 28 heavy (non-hydrogen) atoms. The van der Waals surface area contributed by atoms with Crippen LogP contribution in [0.2, 0.25) is 0 Å². The number of carbonyl (C=O) groups is 2. The van der Waals surface area contributed by atoms with Gasteiger partial charge in [-0.3, -0.25) is 4.79 Å². The fraction of sp³-hybridized carbons (Fsp3) is 0.182. The third-order valence-corrected chi connectivity index (χ3v) is 4.32. The molecule has 0 atom stereocenters. The Morgan fingerprint density at radius 2 is 1.39 bits per heavy atom. The lowest BCUT2D eigenvalue weighted by Crippen LogP contribution is -2.14. The number of fused-ring (bicyclic) bond motifs is 1. The van der Waals surface area contributed by atoms with Crippen molar-refractivity contribution in [2.45, 2.75) is 0 Å². The fourth-order valence-electron chi connectivity index (χ4n) is 2.79. The Balaban J connectivity index is 1.69. The Bertz CT molecular complexity index is 1020. The van der Waals surface area contributed by atoms with Crippen molar-refractivity contribution in [3.8, 4) is 17.2 Å². The topological polar surface area (TPSA) is 71.1 Å². The molecule has 0 bridgehead atoms. The van der Waals surface area contributed by atoms with E-state index in [1.54, 1.807) is 31.4 Å². The lowest BCUT2D eigenvalue weighted by Gasteiger charge is -2.10. The average molecular weight is 380 g/mol. The van der Waals surface area contributed by atoms with Crippen molar-refractivity contribution in [1.82, 2.24) is 0 Å². The highest BCUT2D eigenvalue weighted by Crippen LogP contribution is 2.28. The molecule has 0 aliphatic heterocycles. The van der Waals surface area contributed by atoms with Gasteiger partial charge in [0, 0.05) is 5.56 Å². The maximum atomic E-state index is 12.4. The molecule has 0 saturated heterocycles. The third kappa shape index (κ3) is 4.06. The molecule has 0 unspecified atom stereocenters. The number of Topliss-reactive ketones (excluding diaryl/α,β-unsaturated/α-hetero) is 1. The second-order valence-electron chi connectivity index (χ2n) is 6.00. The molecule has 0 aliphatic carbocycles. The van der Waals surface area contributed by atoms with Crippen molar-refractivity contribution in [2.24, 2.45) is 0 Å². The normalized spacial score (nSPS) is 10.4. The number of hydrogen-bond acceptors (Lipinski definition) is 6. The van der Waals surface area contributed by atoms with E-state index < -0.39 is 5.97 Å². The number of carbonyl (C=O) groups excluding carboxylic acids is 2. The molecule has 6 nitrogen and oxygen atoms in total. The highest BCUT2D eigenvalue weighted by molar-refractivity contribution is 6.02. The van der Waals surface area contributed by atoms with E-state index in [2.05, 4.69) is 0 Å². The summed E-state index contributed by atoms with van der Waals surface area (Å²) >= 11 is 0. The van der Waals surface area contributed by atoms with E-state index in [1.807, 2.05) is 24.3 Å². The Hall–Kier alpha value is -3.54. The molecule has 6 heteroatoms. The van der Waals surface area contributed by atoms with Crippen LogP contribution >= 0.6 is 0 Å². The summed E-state index contributed by atoms with van der Waals surface area (Å²) < 4.78 is 20.7. The van der Waals surface area contributed by atoms with Gasteiger partial charge in [0.2, 0.25) is 0 Å².